The molecule has 20 heavy (non-hydrogen) atoms. The van der Waals surface area contributed by atoms with Crippen molar-refractivity contribution in [3.63, 3.8) is 0 Å². The average Bonchev–Trinajstić information content (AvgIpc) is 2.42. The Labute approximate surface area is 123 Å². The lowest BCUT2D eigenvalue weighted by molar-refractivity contribution is -0.385. The van der Waals surface area contributed by atoms with Crippen molar-refractivity contribution in [1.82, 2.24) is 4.98 Å². The van der Waals surface area contributed by atoms with Crippen LogP contribution in [0.5, 0.6) is 11.6 Å². The van der Waals surface area contributed by atoms with Gasteiger partial charge in [0.2, 0.25) is 11.6 Å². The molecule has 0 fully saturated rings. The summed E-state index contributed by atoms with van der Waals surface area (Å²) in [4.78, 5) is 14.2. The normalized spacial score (nSPS) is 9.85. The van der Waals surface area contributed by atoms with Crippen molar-refractivity contribution in [2.75, 3.05) is 0 Å². The van der Waals surface area contributed by atoms with Crippen LogP contribution in [0.4, 0.5) is 5.69 Å². The quantitative estimate of drug-likeness (QED) is 0.632. The van der Waals surface area contributed by atoms with Crippen molar-refractivity contribution in [2.24, 2.45) is 0 Å². The van der Waals surface area contributed by atoms with E-state index in [0.29, 0.717) is 0 Å². The Kier molecular flexibility index (Phi) is 4.03. The van der Waals surface area contributed by atoms with Crippen LogP contribution in [0.15, 0.2) is 30.3 Å². The van der Waals surface area contributed by atoms with Crippen molar-refractivity contribution in [3.8, 4) is 17.7 Å². The van der Waals surface area contributed by atoms with E-state index in [4.69, 9.17) is 33.2 Å². The first-order valence-corrected chi connectivity index (χ1v) is 5.95. The van der Waals surface area contributed by atoms with Gasteiger partial charge in [-0.05, 0) is 6.07 Å². The lowest BCUT2D eigenvalue weighted by Gasteiger charge is -2.06. The number of hydrogen-bond donors (Lipinski definition) is 0. The maximum Gasteiger partial charge on any atom is 0.313 e. The molecular formula is C12H5Cl2N3O3. The molecule has 0 atom stereocenters. The van der Waals surface area contributed by atoms with Crippen molar-refractivity contribution < 1.29 is 9.66 Å². The fourth-order valence-electron chi connectivity index (χ4n) is 1.39. The van der Waals surface area contributed by atoms with Crippen LogP contribution in [0, 0.1) is 21.4 Å². The van der Waals surface area contributed by atoms with Gasteiger partial charge in [-0.25, -0.2) is 4.98 Å². The maximum atomic E-state index is 10.9. The molecule has 0 N–H and O–H groups in total. The Hall–Kier alpha value is -2.36. The highest BCUT2D eigenvalue weighted by molar-refractivity contribution is 6.42. The number of nitrogens with zero attached hydrogens (tertiary/aromatic N) is 3. The van der Waals surface area contributed by atoms with E-state index < -0.39 is 4.92 Å². The predicted molar refractivity (Wildman–Crippen MR) is 72.1 cm³/mol. The minimum Gasteiger partial charge on any atom is -0.432 e. The predicted octanol–water partition coefficient (Wildman–Crippen LogP) is 3.96. The number of rotatable bonds is 3. The molecule has 0 aliphatic heterocycles. The number of pyridine rings is 1. The van der Waals surface area contributed by atoms with Crippen LogP contribution in [0.25, 0.3) is 0 Å². The number of nitro benzene ring substituents is 1. The molecule has 0 bridgehead atoms. The molecule has 0 saturated carbocycles. The molecule has 1 heterocycles. The standard InChI is InChI=1S/C12H5Cl2N3O3/c13-8-4-10(17(18)19)11(5-9(8)14)20-12-3-1-2-7(6-15)16-12/h1-5H. The number of hydrogen-bond acceptors (Lipinski definition) is 5. The van der Waals surface area contributed by atoms with Gasteiger partial charge >= 0.3 is 5.69 Å². The number of halogens is 2. The van der Waals surface area contributed by atoms with Gasteiger partial charge in [0.15, 0.2) is 0 Å². The van der Waals surface area contributed by atoms with E-state index in [1.54, 1.807) is 6.07 Å². The van der Waals surface area contributed by atoms with Gasteiger partial charge in [0, 0.05) is 18.2 Å². The third-order valence-corrected chi connectivity index (χ3v) is 2.97. The van der Waals surface area contributed by atoms with E-state index in [9.17, 15) is 10.1 Å². The van der Waals surface area contributed by atoms with Crippen LogP contribution < -0.4 is 4.74 Å². The van der Waals surface area contributed by atoms with E-state index >= 15 is 0 Å². The summed E-state index contributed by atoms with van der Waals surface area (Å²) in [6.07, 6.45) is 0. The molecule has 0 unspecified atom stereocenters. The molecule has 0 spiro atoms. The van der Waals surface area contributed by atoms with Gasteiger partial charge in [0.1, 0.15) is 11.8 Å². The van der Waals surface area contributed by atoms with E-state index in [0.717, 1.165) is 6.07 Å². The summed E-state index contributed by atoms with van der Waals surface area (Å²) in [5.41, 5.74) is -0.214. The van der Waals surface area contributed by atoms with Gasteiger partial charge in [-0.2, -0.15) is 5.26 Å². The minimum atomic E-state index is -0.647. The lowest BCUT2D eigenvalue weighted by atomic mass is 10.3. The summed E-state index contributed by atoms with van der Waals surface area (Å²) in [5.74, 6) is -0.0578. The summed E-state index contributed by atoms with van der Waals surface area (Å²) < 4.78 is 5.30. The van der Waals surface area contributed by atoms with Crippen LogP contribution >= 0.6 is 23.2 Å². The molecule has 0 saturated heterocycles. The highest BCUT2D eigenvalue weighted by Crippen LogP contribution is 2.37. The molecular weight excluding hydrogens is 305 g/mol. The molecule has 2 aromatic rings. The molecule has 0 radical (unpaired) electrons. The Morgan fingerprint density at radius 3 is 2.65 bits per heavy atom. The van der Waals surface area contributed by atoms with Gasteiger partial charge in [-0.1, -0.05) is 29.3 Å². The van der Waals surface area contributed by atoms with Crippen LogP contribution in [-0.2, 0) is 0 Å². The maximum absolute atomic E-state index is 10.9. The fraction of sp³-hybridized carbons (Fsp3) is 0. The fourth-order valence-corrected chi connectivity index (χ4v) is 1.70. The number of aromatic nitrogens is 1. The van der Waals surface area contributed by atoms with Crippen LogP contribution in [0.1, 0.15) is 5.69 Å². The van der Waals surface area contributed by atoms with Gasteiger partial charge in [-0.3, -0.25) is 10.1 Å². The molecule has 1 aromatic heterocycles. The second-order valence-electron chi connectivity index (χ2n) is 3.57. The molecule has 6 nitrogen and oxygen atoms in total. The van der Waals surface area contributed by atoms with E-state index in [2.05, 4.69) is 4.98 Å². The molecule has 0 aliphatic rings. The highest BCUT2D eigenvalue weighted by Gasteiger charge is 2.19. The summed E-state index contributed by atoms with van der Waals surface area (Å²) in [6.45, 7) is 0. The second kappa shape index (κ2) is 5.74. The number of nitriles is 1. The van der Waals surface area contributed by atoms with Crippen molar-refractivity contribution in [2.45, 2.75) is 0 Å². The molecule has 0 amide bonds. The Morgan fingerprint density at radius 2 is 2.00 bits per heavy atom. The first-order chi connectivity index (χ1) is 9.51. The molecule has 0 aliphatic carbocycles. The van der Waals surface area contributed by atoms with E-state index in [1.807, 2.05) is 6.07 Å². The minimum absolute atomic E-state index is 0.0458. The largest absolute Gasteiger partial charge is 0.432 e. The smallest absolute Gasteiger partial charge is 0.313 e. The lowest BCUT2D eigenvalue weighted by Crippen LogP contribution is -1.96. The number of nitro groups is 1. The first-order valence-electron chi connectivity index (χ1n) is 5.19. The van der Waals surface area contributed by atoms with Crippen LogP contribution in [0.3, 0.4) is 0 Å². The zero-order valence-electron chi connectivity index (χ0n) is 9.71. The molecule has 1 aromatic carbocycles. The zero-order valence-corrected chi connectivity index (χ0v) is 11.2. The molecule has 2 rings (SSSR count). The third-order valence-electron chi connectivity index (χ3n) is 2.25. The summed E-state index contributed by atoms with van der Waals surface area (Å²) in [5, 5.41) is 19.8. The second-order valence-corrected chi connectivity index (χ2v) is 4.38. The number of benzene rings is 1. The van der Waals surface area contributed by atoms with Crippen LogP contribution in [-0.4, -0.2) is 9.91 Å². The Bertz CT molecular complexity index is 728. The number of ether oxygens (including phenoxy) is 1. The van der Waals surface area contributed by atoms with Gasteiger partial charge < -0.3 is 4.74 Å². The SMILES string of the molecule is N#Cc1cccc(Oc2cc(Cl)c(Cl)cc2[N+](=O)[O-])n1. The molecule has 100 valence electrons. The van der Waals surface area contributed by atoms with Crippen LogP contribution in [0.2, 0.25) is 10.0 Å². The first kappa shape index (κ1) is 14.1. The van der Waals surface area contributed by atoms with E-state index in [-0.39, 0.29) is 33.1 Å². The third kappa shape index (κ3) is 2.96. The summed E-state index contributed by atoms with van der Waals surface area (Å²) in [7, 11) is 0. The van der Waals surface area contributed by atoms with Crippen molar-refractivity contribution >= 4 is 28.9 Å². The van der Waals surface area contributed by atoms with Gasteiger partial charge in [0.05, 0.1) is 15.0 Å². The van der Waals surface area contributed by atoms with Gasteiger partial charge in [-0.15, -0.1) is 0 Å². The summed E-state index contributed by atoms with van der Waals surface area (Å²) >= 11 is 11.5. The molecule has 8 heteroatoms. The summed E-state index contributed by atoms with van der Waals surface area (Å²) in [6, 6.07) is 8.65. The van der Waals surface area contributed by atoms with Crippen molar-refractivity contribution in [3.05, 3.63) is 56.2 Å². The zero-order chi connectivity index (χ0) is 14.7. The Balaban J connectivity index is 2.45. The Morgan fingerprint density at radius 1 is 1.30 bits per heavy atom. The monoisotopic (exact) mass is 309 g/mol. The van der Waals surface area contributed by atoms with E-state index in [1.165, 1.54) is 18.2 Å². The van der Waals surface area contributed by atoms with Gasteiger partial charge in [0.25, 0.3) is 0 Å². The topological polar surface area (TPSA) is 89.0 Å². The van der Waals surface area contributed by atoms with Crippen molar-refractivity contribution in [1.29, 1.82) is 5.26 Å². The average molecular weight is 310 g/mol. The highest BCUT2D eigenvalue weighted by atomic mass is 35.5.